The van der Waals surface area contributed by atoms with Gasteiger partial charge in [-0.1, -0.05) is 13.8 Å². The van der Waals surface area contributed by atoms with E-state index in [2.05, 4.69) is 11.1 Å². The van der Waals surface area contributed by atoms with Gasteiger partial charge in [0.1, 0.15) is 11.9 Å². The fourth-order valence-electron chi connectivity index (χ4n) is 2.81. The molecule has 2 rings (SSSR count). The molecule has 106 valence electrons. The highest BCUT2D eigenvalue weighted by molar-refractivity contribution is 5.73. The van der Waals surface area contributed by atoms with Gasteiger partial charge in [-0.05, 0) is 30.9 Å². The molecule has 0 unspecified atom stereocenters. The van der Waals surface area contributed by atoms with Crippen LogP contribution in [0, 0.1) is 36.0 Å². The fraction of sp³-hybridized carbons (Fsp3) is 0.533. The lowest BCUT2D eigenvalue weighted by molar-refractivity contribution is -0.142. The van der Waals surface area contributed by atoms with Crippen LogP contribution in [-0.4, -0.2) is 29.1 Å². The van der Waals surface area contributed by atoms with E-state index < -0.39 is 11.9 Å². The molecule has 2 heterocycles. The number of aliphatic carboxylic acids is 1. The first-order chi connectivity index (χ1) is 9.43. The zero-order valence-corrected chi connectivity index (χ0v) is 12.0. The molecule has 1 aliphatic heterocycles. The lowest BCUT2D eigenvalue weighted by Crippen LogP contribution is -2.25. The second kappa shape index (κ2) is 5.49. The van der Waals surface area contributed by atoms with Crippen molar-refractivity contribution in [3.8, 4) is 6.07 Å². The van der Waals surface area contributed by atoms with E-state index in [1.807, 2.05) is 25.7 Å². The summed E-state index contributed by atoms with van der Waals surface area (Å²) in [6.45, 7) is 7.01. The zero-order chi connectivity index (χ0) is 14.9. The molecular formula is C15H19N3O2. The van der Waals surface area contributed by atoms with Crippen molar-refractivity contribution in [2.45, 2.75) is 20.8 Å². The van der Waals surface area contributed by atoms with E-state index in [4.69, 9.17) is 0 Å². The number of aromatic nitrogens is 1. The minimum absolute atomic E-state index is 0.0846. The van der Waals surface area contributed by atoms with Crippen LogP contribution in [-0.2, 0) is 4.79 Å². The summed E-state index contributed by atoms with van der Waals surface area (Å²) >= 11 is 0. The molecule has 0 amide bonds. The molecule has 0 saturated carbocycles. The smallest absolute Gasteiger partial charge is 0.308 e. The summed E-state index contributed by atoms with van der Waals surface area (Å²) in [6, 6.07) is 5.68. The van der Waals surface area contributed by atoms with Crippen LogP contribution in [0.4, 0.5) is 5.82 Å². The standard InChI is InChI=1S/C15H19N3O2/c1-9(2)12-7-18(8-13(12)15(19)20)14-11(6-16)5-4-10(3)17-14/h4-5,9,12-13H,7-8H2,1-3H3,(H,19,20)/t12-,13+/m1/s1. The molecule has 5 heteroatoms. The number of aryl methyl sites for hydroxylation is 1. The summed E-state index contributed by atoms with van der Waals surface area (Å²) < 4.78 is 0. The number of hydrogen-bond acceptors (Lipinski definition) is 4. The zero-order valence-electron chi connectivity index (χ0n) is 12.0. The minimum Gasteiger partial charge on any atom is -0.481 e. The van der Waals surface area contributed by atoms with Crippen LogP contribution in [0.5, 0.6) is 0 Å². The molecule has 1 saturated heterocycles. The second-order valence-electron chi connectivity index (χ2n) is 5.69. The van der Waals surface area contributed by atoms with Gasteiger partial charge < -0.3 is 10.0 Å². The summed E-state index contributed by atoms with van der Waals surface area (Å²) in [5.74, 6) is -0.180. The second-order valence-corrected chi connectivity index (χ2v) is 5.69. The van der Waals surface area contributed by atoms with Gasteiger partial charge in [0.25, 0.3) is 0 Å². The van der Waals surface area contributed by atoms with Crippen molar-refractivity contribution in [3.05, 3.63) is 23.4 Å². The number of anilines is 1. The van der Waals surface area contributed by atoms with Gasteiger partial charge in [0.2, 0.25) is 0 Å². The number of carboxylic acid groups (broad SMARTS) is 1. The van der Waals surface area contributed by atoms with Gasteiger partial charge >= 0.3 is 5.97 Å². The van der Waals surface area contributed by atoms with Crippen molar-refractivity contribution in [3.63, 3.8) is 0 Å². The third kappa shape index (κ3) is 2.60. The normalized spacial score (nSPS) is 22.1. The monoisotopic (exact) mass is 273 g/mol. The van der Waals surface area contributed by atoms with Crippen molar-refractivity contribution in [1.82, 2.24) is 4.98 Å². The Morgan fingerprint density at radius 3 is 2.70 bits per heavy atom. The van der Waals surface area contributed by atoms with Crippen molar-refractivity contribution in [1.29, 1.82) is 5.26 Å². The molecular weight excluding hydrogens is 254 g/mol. The molecule has 1 aromatic rings. The van der Waals surface area contributed by atoms with Gasteiger partial charge in [0.05, 0.1) is 11.5 Å². The number of nitrogens with zero attached hydrogens (tertiary/aromatic N) is 3. The first-order valence-corrected chi connectivity index (χ1v) is 6.79. The number of hydrogen-bond donors (Lipinski definition) is 1. The molecule has 0 aromatic carbocycles. The van der Waals surface area contributed by atoms with Gasteiger partial charge in [0, 0.05) is 18.8 Å². The van der Waals surface area contributed by atoms with E-state index in [1.54, 1.807) is 12.1 Å². The SMILES string of the molecule is Cc1ccc(C#N)c(N2C[C@H](C(=O)O)[C@@H](C(C)C)C2)n1. The highest BCUT2D eigenvalue weighted by Gasteiger charge is 2.40. The van der Waals surface area contributed by atoms with Gasteiger partial charge in [-0.3, -0.25) is 4.79 Å². The highest BCUT2D eigenvalue weighted by atomic mass is 16.4. The van der Waals surface area contributed by atoms with Crippen LogP contribution in [0.2, 0.25) is 0 Å². The van der Waals surface area contributed by atoms with E-state index in [9.17, 15) is 15.2 Å². The Morgan fingerprint density at radius 2 is 2.20 bits per heavy atom. The number of nitriles is 1. The summed E-state index contributed by atoms with van der Waals surface area (Å²) in [6.07, 6.45) is 0. The third-order valence-electron chi connectivity index (χ3n) is 3.97. The molecule has 20 heavy (non-hydrogen) atoms. The Hall–Kier alpha value is -2.09. The molecule has 1 N–H and O–H groups in total. The molecule has 1 fully saturated rings. The van der Waals surface area contributed by atoms with Gasteiger partial charge in [0.15, 0.2) is 0 Å². The number of rotatable bonds is 3. The molecule has 0 radical (unpaired) electrons. The fourth-order valence-corrected chi connectivity index (χ4v) is 2.81. The molecule has 0 spiro atoms. The maximum Gasteiger partial charge on any atom is 0.308 e. The van der Waals surface area contributed by atoms with E-state index in [0.29, 0.717) is 24.5 Å². The molecule has 0 bridgehead atoms. The van der Waals surface area contributed by atoms with E-state index >= 15 is 0 Å². The van der Waals surface area contributed by atoms with Crippen molar-refractivity contribution >= 4 is 11.8 Å². The van der Waals surface area contributed by atoms with Crippen molar-refractivity contribution < 1.29 is 9.90 Å². The average molecular weight is 273 g/mol. The first-order valence-electron chi connectivity index (χ1n) is 6.79. The Bertz CT molecular complexity index is 563. The van der Waals surface area contributed by atoms with Crippen molar-refractivity contribution in [2.75, 3.05) is 18.0 Å². The largest absolute Gasteiger partial charge is 0.481 e. The Balaban J connectivity index is 2.34. The number of carbonyl (C=O) groups is 1. The predicted octanol–water partition coefficient (Wildman–Crippen LogP) is 2.05. The molecule has 1 aromatic heterocycles. The first kappa shape index (κ1) is 14.3. The highest BCUT2D eigenvalue weighted by Crippen LogP contribution is 2.33. The maximum absolute atomic E-state index is 11.4. The quantitative estimate of drug-likeness (QED) is 0.912. The van der Waals surface area contributed by atoms with Crippen LogP contribution in [0.25, 0.3) is 0 Å². The summed E-state index contributed by atoms with van der Waals surface area (Å²) in [5, 5.41) is 18.6. The summed E-state index contributed by atoms with van der Waals surface area (Å²) in [5.41, 5.74) is 1.34. The van der Waals surface area contributed by atoms with Gasteiger partial charge in [-0.25, -0.2) is 4.98 Å². The lowest BCUT2D eigenvalue weighted by Gasteiger charge is -2.20. The maximum atomic E-state index is 11.4. The summed E-state index contributed by atoms with van der Waals surface area (Å²) in [7, 11) is 0. The molecule has 0 aliphatic carbocycles. The topological polar surface area (TPSA) is 77.2 Å². The average Bonchev–Trinajstić information content (AvgIpc) is 2.83. The number of carboxylic acids is 1. The molecule has 2 atom stereocenters. The minimum atomic E-state index is -0.766. The van der Waals surface area contributed by atoms with Crippen LogP contribution < -0.4 is 4.90 Å². The van der Waals surface area contributed by atoms with Crippen LogP contribution in [0.1, 0.15) is 25.1 Å². The van der Waals surface area contributed by atoms with E-state index in [-0.39, 0.29) is 11.8 Å². The molecule has 5 nitrogen and oxygen atoms in total. The molecule has 1 aliphatic rings. The van der Waals surface area contributed by atoms with Crippen LogP contribution in [0.15, 0.2) is 12.1 Å². The van der Waals surface area contributed by atoms with Crippen LogP contribution in [0.3, 0.4) is 0 Å². The van der Waals surface area contributed by atoms with Crippen molar-refractivity contribution in [2.24, 2.45) is 17.8 Å². The summed E-state index contributed by atoms with van der Waals surface area (Å²) in [4.78, 5) is 17.8. The Labute approximate surface area is 118 Å². The van der Waals surface area contributed by atoms with Crippen LogP contribution >= 0.6 is 0 Å². The predicted molar refractivity (Wildman–Crippen MR) is 75.4 cm³/mol. The van der Waals surface area contributed by atoms with Gasteiger partial charge in [-0.15, -0.1) is 0 Å². The Morgan fingerprint density at radius 1 is 1.50 bits per heavy atom. The van der Waals surface area contributed by atoms with E-state index in [0.717, 1.165) is 5.69 Å². The number of pyridine rings is 1. The van der Waals surface area contributed by atoms with Gasteiger partial charge in [-0.2, -0.15) is 5.26 Å². The Kier molecular flexibility index (Phi) is 3.93. The lowest BCUT2D eigenvalue weighted by atomic mass is 9.86. The van der Waals surface area contributed by atoms with E-state index in [1.165, 1.54) is 0 Å². The third-order valence-corrected chi connectivity index (χ3v) is 3.97.